The van der Waals surface area contributed by atoms with Crippen molar-refractivity contribution in [3.8, 4) is 0 Å². The summed E-state index contributed by atoms with van der Waals surface area (Å²) in [5.41, 5.74) is 6.29. The third-order valence-electron chi connectivity index (χ3n) is 7.10. The van der Waals surface area contributed by atoms with Crippen LogP contribution in [-0.2, 0) is 9.59 Å². The van der Waals surface area contributed by atoms with E-state index in [4.69, 9.17) is 0 Å². The number of nitrogens with zero attached hydrogens (tertiary/aromatic N) is 3. The van der Waals surface area contributed by atoms with Gasteiger partial charge in [-0.1, -0.05) is 36.4 Å². The van der Waals surface area contributed by atoms with Gasteiger partial charge >= 0.3 is 11.8 Å². The maximum atomic E-state index is 12.7. The first-order chi connectivity index (χ1) is 17.8. The van der Waals surface area contributed by atoms with Gasteiger partial charge < -0.3 is 20.4 Å². The van der Waals surface area contributed by atoms with Crippen LogP contribution in [0.5, 0.6) is 0 Å². The fourth-order valence-corrected chi connectivity index (χ4v) is 4.66. The Balaban J connectivity index is 1.43. The quantitative estimate of drug-likeness (QED) is 0.481. The Labute approximate surface area is 220 Å². The van der Waals surface area contributed by atoms with Crippen molar-refractivity contribution in [2.45, 2.75) is 19.9 Å². The number of rotatable bonds is 7. The van der Waals surface area contributed by atoms with Crippen molar-refractivity contribution in [3.05, 3.63) is 89.5 Å². The van der Waals surface area contributed by atoms with Crippen LogP contribution in [0.25, 0.3) is 0 Å². The van der Waals surface area contributed by atoms with Crippen LogP contribution in [0.4, 0.5) is 17.1 Å². The summed E-state index contributed by atoms with van der Waals surface area (Å²) >= 11 is 0. The van der Waals surface area contributed by atoms with Gasteiger partial charge in [0.1, 0.15) is 0 Å². The van der Waals surface area contributed by atoms with Gasteiger partial charge in [-0.3, -0.25) is 14.5 Å². The Hall–Kier alpha value is -3.84. The summed E-state index contributed by atoms with van der Waals surface area (Å²) in [7, 11) is 4.04. The molecule has 2 N–H and O–H groups in total. The van der Waals surface area contributed by atoms with E-state index < -0.39 is 11.8 Å². The van der Waals surface area contributed by atoms with Crippen molar-refractivity contribution in [1.82, 2.24) is 10.2 Å². The van der Waals surface area contributed by atoms with Crippen molar-refractivity contribution >= 4 is 28.9 Å². The average Bonchev–Trinajstić information content (AvgIpc) is 2.92. The number of nitrogens with one attached hydrogen (secondary N) is 2. The monoisotopic (exact) mass is 499 g/mol. The van der Waals surface area contributed by atoms with Crippen LogP contribution in [0.1, 0.15) is 22.7 Å². The Morgan fingerprint density at radius 2 is 1.51 bits per heavy atom. The van der Waals surface area contributed by atoms with E-state index in [1.54, 1.807) is 0 Å². The molecule has 0 saturated carbocycles. The Bertz CT molecular complexity index is 1200. The predicted molar refractivity (Wildman–Crippen MR) is 151 cm³/mol. The summed E-state index contributed by atoms with van der Waals surface area (Å²) in [6.45, 7) is 7.87. The second-order valence-corrected chi connectivity index (χ2v) is 9.82. The molecule has 1 heterocycles. The minimum atomic E-state index is -0.654. The van der Waals surface area contributed by atoms with Crippen molar-refractivity contribution < 1.29 is 9.59 Å². The molecule has 0 radical (unpaired) electrons. The third kappa shape index (κ3) is 6.68. The number of benzene rings is 3. The highest BCUT2D eigenvalue weighted by molar-refractivity contribution is 6.39. The number of hydrogen-bond acceptors (Lipinski definition) is 5. The summed E-state index contributed by atoms with van der Waals surface area (Å²) in [6, 6.07) is 24.5. The van der Waals surface area contributed by atoms with Crippen molar-refractivity contribution in [2.24, 2.45) is 0 Å². The van der Waals surface area contributed by atoms with Gasteiger partial charge in [-0.25, -0.2) is 0 Å². The van der Waals surface area contributed by atoms with E-state index >= 15 is 0 Å². The molecule has 1 saturated heterocycles. The molecule has 1 atom stereocenters. The molecule has 3 aromatic carbocycles. The third-order valence-corrected chi connectivity index (χ3v) is 7.10. The summed E-state index contributed by atoms with van der Waals surface area (Å²) in [5.74, 6) is -1.28. The topological polar surface area (TPSA) is 67.9 Å². The van der Waals surface area contributed by atoms with Gasteiger partial charge in [0, 0.05) is 63.9 Å². The lowest BCUT2D eigenvalue weighted by molar-refractivity contribution is -0.136. The van der Waals surface area contributed by atoms with E-state index in [-0.39, 0.29) is 6.04 Å². The molecule has 1 aliphatic heterocycles. The molecule has 1 unspecified atom stereocenters. The fraction of sp³-hybridized carbons (Fsp3) is 0.333. The molecule has 0 spiro atoms. The van der Waals surface area contributed by atoms with Crippen LogP contribution in [0.15, 0.2) is 72.8 Å². The SMILES string of the molecule is Cc1ccc(NC(=O)C(=O)NCC(c2ccc(N(C)C)cc2)N2CCN(c3ccccc3)CC2)cc1C. The minimum absolute atomic E-state index is 0.0347. The van der Waals surface area contributed by atoms with Crippen LogP contribution in [-0.4, -0.2) is 63.5 Å². The number of carbonyl (C=O) groups is 2. The Morgan fingerprint density at radius 1 is 0.838 bits per heavy atom. The summed E-state index contributed by atoms with van der Waals surface area (Å²) in [4.78, 5) is 32.2. The van der Waals surface area contributed by atoms with Gasteiger partial charge in [-0.15, -0.1) is 0 Å². The normalized spacial score (nSPS) is 14.6. The molecule has 7 nitrogen and oxygen atoms in total. The van der Waals surface area contributed by atoms with Crippen molar-refractivity contribution in [2.75, 3.05) is 61.9 Å². The number of hydrogen-bond donors (Lipinski definition) is 2. The number of anilines is 3. The van der Waals surface area contributed by atoms with Crippen molar-refractivity contribution in [3.63, 3.8) is 0 Å². The number of amides is 2. The molecular weight excluding hydrogens is 462 g/mol. The molecular formula is C30H37N5O2. The predicted octanol–water partition coefficient (Wildman–Crippen LogP) is 3.99. The zero-order valence-electron chi connectivity index (χ0n) is 22.2. The average molecular weight is 500 g/mol. The number of piperazine rings is 1. The highest BCUT2D eigenvalue weighted by Gasteiger charge is 2.27. The van der Waals surface area contributed by atoms with Crippen LogP contribution >= 0.6 is 0 Å². The molecule has 7 heteroatoms. The molecule has 1 fully saturated rings. The molecule has 194 valence electrons. The molecule has 37 heavy (non-hydrogen) atoms. The van der Waals surface area contributed by atoms with E-state index in [1.165, 1.54) is 5.69 Å². The lowest BCUT2D eigenvalue weighted by Crippen LogP contribution is -2.50. The highest BCUT2D eigenvalue weighted by Crippen LogP contribution is 2.26. The first-order valence-electron chi connectivity index (χ1n) is 12.8. The standard InChI is InChI=1S/C30H37N5O2/c1-22-10-13-25(20-23(22)2)32-30(37)29(36)31-21-28(24-11-14-26(15-12-24)33(3)4)35-18-16-34(17-19-35)27-8-6-5-7-9-27/h5-15,20,28H,16-19,21H2,1-4H3,(H,31,36)(H,32,37). The largest absolute Gasteiger partial charge is 0.378 e. The lowest BCUT2D eigenvalue weighted by Gasteiger charge is -2.40. The lowest BCUT2D eigenvalue weighted by atomic mass is 10.0. The van der Waals surface area contributed by atoms with Gasteiger partial charge in [-0.05, 0) is 66.9 Å². The second-order valence-electron chi connectivity index (χ2n) is 9.82. The van der Waals surface area contributed by atoms with Crippen LogP contribution in [0.3, 0.4) is 0 Å². The molecule has 0 aliphatic carbocycles. The van der Waals surface area contributed by atoms with Gasteiger partial charge in [0.15, 0.2) is 0 Å². The summed E-state index contributed by atoms with van der Waals surface area (Å²) in [5, 5.41) is 5.61. The summed E-state index contributed by atoms with van der Waals surface area (Å²) < 4.78 is 0. The van der Waals surface area contributed by atoms with E-state index in [0.717, 1.165) is 48.6 Å². The van der Waals surface area contributed by atoms with Crippen molar-refractivity contribution in [1.29, 1.82) is 0 Å². The van der Waals surface area contributed by atoms with Crippen LogP contribution in [0.2, 0.25) is 0 Å². The Morgan fingerprint density at radius 3 is 2.14 bits per heavy atom. The van der Waals surface area contributed by atoms with E-state index in [0.29, 0.717) is 12.2 Å². The number of aryl methyl sites for hydroxylation is 2. The van der Waals surface area contributed by atoms with Gasteiger partial charge in [0.2, 0.25) is 0 Å². The molecule has 0 bridgehead atoms. The van der Waals surface area contributed by atoms with Gasteiger partial charge in [0.25, 0.3) is 0 Å². The van der Waals surface area contributed by atoms with E-state index in [2.05, 4.69) is 73.9 Å². The maximum absolute atomic E-state index is 12.7. The molecule has 3 aromatic rings. The Kier molecular flexibility index (Phi) is 8.46. The maximum Gasteiger partial charge on any atom is 0.313 e. The van der Waals surface area contributed by atoms with Crippen LogP contribution < -0.4 is 20.4 Å². The van der Waals surface area contributed by atoms with Gasteiger partial charge in [0.05, 0.1) is 6.04 Å². The number of para-hydroxylation sites is 1. The first-order valence-corrected chi connectivity index (χ1v) is 12.8. The molecule has 0 aromatic heterocycles. The highest BCUT2D eigenvalue weighted by atomic mass is 16.2. The summed E-state index contributed by atoms with van der Waals surface area (Å²) in [6.07, 6.45) is 0. The van der Waals surface area contributed by atoms with Gasteiger partial charge in [-0.2, -0.15) is 0 Å². The fourth-order valence-electron chi connectivity index (χ4n) is 4.66. The first kappa shape index (κ1) is 26.2. The molecule has 4 rings (SSSR count). The zero-order valence-corrected chi connectivity index (χ0v) is 22.2. The smallest absolute Gasteiger partial charge is 0.313 e. The second kappa shape index (κ2) is 11.9. The van der Waals surface area contributed by atoms with E-state index in [1.807, 2.05) is 52.2 Å². The molecule has 1 aliphatic rings. The van der Waals surface area contributed by atoms with E-state index in [9.17, 15) is 9.59 Å². The van der Waals surface area contributed by atoms with Crippen LogP contribution in [0, 0.1) is 13.8 Å². The zero-order chi connectivity index (χ0) is 26.4. The number of carbonyl (C=O) groups excluding carboxylic acids is 2. The minimum Gasteiger partial charge on any atom is -0.378 e. The molecule has 2 amide bonds.